The molecule has 7 nitrogen and oxygen atoms in total. The second-order valence-corrected chi connectivity index (χ2v) is 3.99. The second kappa shape index (κ2) is 7.25. The molecule has 0 aromatic heterocycles. The fraction of sp³-hybridized carbons (Fsp3) is 0.167. The van der Waals surface area contributed by atoms with Crippen LogP contribution in [0, 0.1) is 10.1 Å². The topological polar surface area (TPSA) is 98.5 Å². The number of carbonyl (C=O) groups excluding carboxylic acids is 2. The molecule has 0 aliphatic rings. The number of ether oxygens (including phenoxy) is 1. The van der Waals surface area contributed by atoms with Gasteiger partial charge in [0, 0.05) is 17.8 Å². The van der Waals surface area contributed by atoms with Gasteiger partial charge in [-0.3, -0.25) is 14.9 Å². The number of hydrogen-bond acceptors (Lipinski definition) is 5. The zero-order valence-electron chi connectivity index (χ0n) is 10.5. The Morgan fingerprint density at radius 1 is 1.50 bits per heavy atom. The van der Waals surface area contributed by atoms with Crippen molar-refractivity contribution in [1.82, 2.24) is 0 Å². The van der Waals surface area contributed by atoms with Gasteiger partial charge in [0.1, 0.15) is 5.02 Å². The first-order valence-electron chi connectivity index (χ1n) is 5.47. The van der Waals surface area contributed by atoms with Crippen LogP contribution in [0.25, 0.3) is 0 Å². The number of carbonyl (C=O) groups is 2. The first-order chi connectivity index (χ1) is 9.43. The summed E-state index contributed by atoms with van der Waals surface area (Å²) >= 11 is 5.63. The van der Waals surface area contributed by atoms with Crippen molar-refractivity contribution < 1.29 is 19.2 Å². The average Bonchev–Trinajstić information content (AvgIpc) is 2.39. The van der Waals surface area contributed by atoms with Gasteiger partial charge >= 0.3 is 5.97 Å². The lowest BCUT2D eigenvalue weighted by Crippen LogP contribution is -2.20. The predicted molar refractivity (Wildman–Crippen MR) is 72.5 cm³/mol. The molecule has 0 aliphatic heterocycles. The lowest BCUT2D eigenvalue weighted by Gasteiger charge is -2.05. The Labute approximate surface area is 119 Å². The molecule has 0 heterocycles. The number of nitro groups is 1. The molecule has 0 aliphatic carbocycles. The summed E-state index contributed by atoms with van der Waals surface area (Å²) in [6.07, 6.45) is 2.64. The van der Waals surface area contributed by atoms with Crippen molar-refractivity contribution in [3.05, 3.63) is 45.5 Å². The maximum absolute atomic E-state index is 11.5. The Bertz CT molecular complexity index is 571. The first-order valence-corrected chi connectivity index (χ1v) is 5.85. The number of nitrogens with one attached hydrogen (secondary N) is 1. The highest BCUT2D eigenvalue weighted by Crippen LogP contribution is 2.27. The number of benzene rings is 1. The molecule has 20 heavy (non-hydrogen) atoms. The third-order valence-corrected chi connectivity index (χ3v) is 2.39. The van der Waals surface area contributed by atoms with Gasteiger partial charge in [0.25, 0.3) is 11.6 Å². The molecule has 1 rings (SSSR count). The minimum Gasteiger partial charge on any atom is -0.452 e. The maximum atomic E-state index is 11.5. The highest BCUT2D eigenvalue weighted by Gasteiger charge is 2.14. The van der Waals surface area contributed by atoms with Crippen LogP contribution in [0.5, 0.6) is 0 Å². The van der Waals surface area contributed by atoms with Gasteiger partial charge < -0.3 is 10.1 Å². The summed E-state index contributed by atoms with van der Waals surface area (Å²) in [4.78, 5) is 32.5. The number of amides is 1. The Morgan fingerprint density at radius 3 is 2.80 bits per heavy atom. The highest BCUT2D eigenvalue weighted by molar-refractivity contribution is 6.32. The Balaban J connectivity index is 2.65. The maximum Gasteiger partial charge on any atom is 0.330 e. The van der Waals surface area contributed by atoms with E-state index in [1.165, 1.54) is 24.3 Å². The molecule has 0 saturated carbocycles. The van der Waals surface area contributed by atoms with E-state index in [9.17, 15) is 19.7 Å². The van der Waals surface area contributed by atoms with Crippen molar-refractivity contribution in [1.29, 1.82) is 0 Å². The van der Waals surface area contributed by atoms with E-state index >= 15 is 0 Å². The minimum absolute atomic E-state index is 0.0347. The van der Waals surface area contributed by atoms with Crippen molar-refractivity contribution in [3.8, 4) is 0 Å². The summed E-state index contributed by atoms with van der Waals surface area (Å²) < 4.78 is 4.62. The highest BCUT2D eigenvalue weighted by atomic mass is 35.5. The Hall–Kier alpha value is -2.41. The van der Waals surface area contributed by atoms with Crippen molar-refractivity contribution in [2.45, 2.75) is 6.92 Å². The average molecular weight is 299 g/mol. The summed E-state index contributed by atoms with van der Waals surface area (Å²) in [7, 11) is 0. The zero-order valence-corrected chi connectivity index (χ0v) is 11.2. The van der Waals surface area contributed by atoms with Crippen LogP contribution < -0.4 is 5.32 Å². The van der Waals surface area contributed by atoms with E-state index < -0.39 is 23.4 Å². The zero-order chi connectivity index (χ0) is 15.1. The van der Waals surface area contributed by atoms with Gasteiger partial charge in [0.05, 0.1) is 4.92 Å². The van der Waals surface area contributed by atoms with E-state index in [1.807, 2.05) is 0 Å². The van der Waals surface area contributed by atoms with E-state index in [1.54, 1.807) is 6.92 Å². The van der Waals surface area contributed by atoms with Crippen molar-refractivity contribution >= 4 is 34.9 Å². The van der Waals surface area contributed by atoms with Crippen molar-refractivity contribution in [2.24, 2.45) is 0 Å². The molecule has 1 amide bonds. The molecule has 0 spiro atoms. The summed E-state index contributed by atoms with van der Waals surface area (Å²) in [5, 5.41) is 13.0. The molecule has 0 radical (unpaired) electrons. The summed E-state index contributed by atoms with van der Waals surface area (Å²) in [5.74, 6) is -1.26. The van der Waals surface area contributed by atoms with E-state index in [-0.39, 0.29) is 16.4 Å². The van der Waals surface area contributed by atoms with Crippen LogP contribution >= 0.6 is 11.6 Å². The molecular formula is C12H11ClN2O5. The lowest BCUT2D eigenvalue weighted by molar-refractivity contribution is -0.384. The van der Waals surface area contributed by atoms with Crippen LogP contribution in [-0.2, 0) is 14.3 Å². The number of hydrogen-bond donors (Lipinski definition) is 1. The number of nitro benzene ring substituents is 1. The number of anilines is 1. The molecule has 0 bridgehead atoms. The second-order valence-electron chi connectivity index (χ2n) is 3.58. The smallest absolute Gasteiger partial charge is 0.330 e. The fourth-order valence-corrected chi connectivity index (χ4v) is 1.43. The molecule has 0 unspecified atom stereocenters. The van der Waals surface area contributed by atoms with Gasteiger partial charge in [-0.05, 0) is 19.1 Å². The van der Waals surface area contributed by atoms with E-state index in [4.69, 9.17) is 11.6 Å². The molecule has 1 aromatic carbocycles. The van der Waals surface area contributed by atoms with E-state index in [0.29, 0.717) is 0 Å². The Morgan fingerprint density at radius 2 is 2.20 bits per heavy atom. The standard InChI is InChI=1S/C12H11ClN2O5/c1-2-3-12(17)20-7-11(16)14-8-4-5-9(13)10(6-8)15(18)19/h2-6H,7H2,1H3,(H,14,16)/b3-2+. The quantitative estimate of drug-likeness (QED) is 0.389. The summed E-state index contributed by atoms with van der Waals surface area (Å²) in [5.41, 5.74) is -0.136. The molecule has 0 saturated heterocycles. The number of rotatable bonds is 5. The number of esters is 1. The van der Waals surface area contributed by atoms with Gasteiger partial charge in [-0.2, -0.15) is 0 Å². The van der Waals surface area contributed by atoms with Gasteiger partial charge in [0.15, 0.2) is 6.61 Å². The molecular weight excluding hydrogens is 288 g/mol. The normalized spacial score (nSPS) is 10.3. The predicted octanol–water partition coefficient (Wildman–Crippen LogP) is 2.31. The van der Waals surface area contributed by atoms with Crippen LogP contribution in [0.4, 0.5) is 11.4 Å². The van der Waals surface area contributed by atoms with Crippen molar-refractivity contribution in [3.63, 3.8) is 0 Å². The van der Waals surface area contributed by atoms with Gasteiger partial charge in [-0.1, -0.05) is 17.7 Å². The fourth-order valence-electron chi connectivity index (χ4n) is 1.25. The molecule has 106 valence electrons. The van der Waals surface area contributed by atoms with Crippen molar-refractivity contribution in [2.75, 3.05) is 11.9 Å². The summed E-state index contributed by atoms with van der Waals surface area (Å²) in [6, 6.07) is 3.82. The van der Waals surface area contributed by atoms with Gasteiger partial charge in [-0.25, -0.2) is 4.79 Å². The monoisotopic (exact) mass is 298 g/mol. The molecule has 0 fully saturated rings. The SMILES string of the molecule is C/C=C/C(=O)OCC(=O)Nc1ccc(Cl)c([N+](=O)[O-])c1. The molecule has 1 N–H and O–H groups in total. The van der Waals surface area contributed by atoms with Crippen LogP contribution in [0.2, 0.25) is 5.02 Å². The summed E-state index contributed by atoms with van der Waals surface area (Å²) in [6.45, 7) is 1.15. The third-order valence-electron chi connectivity index (χ3n) is 2.07. The largest absolute Gasteiger partial charge is 0.452 e. The van der Waals surface area contributed by atoms with Crippen LogP contribution in [0.15, 0.2) is 30.4 Å². The first kappa shape index (κ1) is 15.6. The number of allylic oxidation sites excluding steroid dienone is 1. The van der Waals surface area contributed by atoms with Gasteiger partial charge in [-0.15, -0.1) is 0 Å². The minimum atomic E-state index is -0.663. The van der Waals surface area contributed by atoms with Crippen LogP contribution in [0.1, 0.15) is 6.92 Å². The van der Waals surface area contributed by atoms with Crippen LogP contribution in [0.3, 0.4) is 0 Å². The third kappa shape index (κ3) is 4.69. The van der Waals surface area contributed by atoms with Gasteiger partial charge in [0.2, 0.25) is 0 Å². The number of nitrogens with zero attached hydrogens (tertiary/aromatic N) is 1. The molecule has 1 aromatic rings. The van der Waals surface area contributed by atoms with E-state index in [2.05, 4.69) is 10.1 Å². The molecule has 8 heteroatoms. The lowest BCUT2D eigenvalue weighted by atomic mass is 10.3. The molecule has 0 atom stereocenters. The van der Waals surface area contributed by atoms with E-state index in [0.717, 1.165) is 6.07 Å². The Kier molecular flexibility index (Phi) is 5.67. The number of halogens is 1. The van der Waals surface area contributed by atoms with Crippen LogP contribution in [-0.4, -0.2) is 23.4 Å².